The van der Waals surface area contributed by atoms with E-state index in [-0.39, 0.29) is 11.6 Å². The minimum absolute atomic E-state index is 0.247. The van der Waals surface area contributed by atoms with E-state index < -0.39 is 0 Å². The number of anilines is 1. The molecule has 0 radical (unpaired) electrons. The minimum Gasteiger partial charge on any atom is -0.491 e. The van der Waals surface area contributed by atoms with Gasteiger partial charge in [-0.1, -0.05) is 18.2 Å². The van der Waals surface area contributed by atoms with E-state index in [0.717, 1.165) is 22.0 Å². The van der Waals surface area contributed by atoms with Crippen LogP contribution in [0.3, 0.4) is 0 Å². The lowest BCUT2D eigenvalue weighted by molar-refractivity contribution is 0.322. The molecule has 0 aliphatic rings. The maximum atomic E-state index is 14.8. The standard InChI is InChI=1S/C22H19FN4O/c1-3-28-19-8-4-7-16(20(19)23)14-9-10-18-17(12-14)22(24-2)27-21(26-18)15-6-5-11-25-13-15/h4-13H,3H2,1-2H3,(H,24,26,27). The molecule has 0 amide bonds. The van der Waals surface area contributed by atoms with Gasteiger partial charge in [-0.2, -0.15) is 0 Å². The highest BCUT2D eigenvalue weighted by Crippen LogP contribution is 2.33. The third kappa shape index (κ3) is 3.24. The van der Waals surface area contributed by atoms with E-state index in [4.69, 9.17) is 4.74 Å². The second kappa shape index (κ2) is 7.60. The highest BCUT2D eigenvalue weighted by molar-refractivity contribution is 5.94. The molecular weight excluding hydrogens is 355 g/mol. The summed E-state index contributed by atoms with van der Waals surface area (Å²) >= 11 is 0. The van der Waals surface area contributed by atoms with Crippen LogP contribution in [0.2, 0.25) is 0 Å². The summed E-state index contributed by atoms with van der Waals surface area (Å²) in [7, 11) is 1.80. The van der Waals surface area contributed by atoms with Crippen LogP contribution in [0.15, 0.2) is 60.9 Å². The van der Waals surface area contributed by atoms with E-state index in [1.54, 1.807) is 37.6 Å². The monoisotopic (exact) mass is 374 g/mol. The number of nitrogens with zero attached hydrogens (tertiary/aromatic N) is 3. The van der Waals surface area contributed by atoms with Crippen LogP contribution in [0.5, 0.6) is 5.75 Å². The number of nitrogens with one attached hydrogen (secondary N) is 1. The van der Waals surface area contributed by atoms with Crippen molar-refractivity contribution in [2.75, 3.05) is 19.0 Å². The van der Waals surface area contributed by atoms with Crippen molar-refractivity contribution in [1.82, 2.24) is 15.0 Å². The molecule has 6 heteroatoms. The highest BCUT2D eigenvalue weighted by Gasteiger charge is 2.14. The normalized spacial score (nSPS) is 10.8. The molecule has 0 bridgehead atoms. The van der Waals surface area contributed by atoms with Gasteiger partial charge in [-0.25, -0.2) is 14.4 Å². The first-order valence-corrected chi connectivity index (χ1v) is 9.03. The number of aromatic nitrogens is 3. The van der Waals surface area contributed by atoms with Gasteiger partial charge < -0.3 is 10.1 Å². The van der Waals surface area contributed by atoms with Crippen LogP contribution in [0.1, 0.15) is 6.92 Å². The van der Waals surface area contributed by atoms with Crippen LogP contribution in [0.25, 0.3) is 33.4 Å². The first kappa shape index (κ1) is 17.9. The van der Waals surface area contributed by atoms with Crippen molar-refractivity contribution < 1.29 is 9.13 Å². The van der Waals surface area contributed by atoms with Crippen molar-refractivity contribution in [1.29, 1.82) is 0 Å². The maximum Gasteiger partial charge on any atom is 0.172 e. The topological polar surface area (TPSA) is 59.9 Å². The number of hydrogen-bond acceptors (Lipinski definition) is 5. The van der Waals surface area contributed by atoms with Crippen LogP contribution < -0.4 is 10.1 Å². The van der Waals surface area contributed by atoms with Crippen LogP contribution in [0.4, 0.5) is 10.2 Å². The summed E-state index contributed by atoms with van der Waals surface area (Å²) in [5.74, 6) is 1.13. The van der Waals surface area contributed by atoms with Crippen molar-refractivity contribution in [3.63, 3.8) is 0 Å². The van der Waals surface area contributed by atoms with Gasteiger partial charge in [-0.3, -0.25) is 4.98 Å². The van der Waals surface area contributed by atoms with Crippen LogP contribution in [-0.2, 0) is 0 Å². The number of benzene rings is 2. The second-order valence-corrected chi connectivity index (χ2v) is 6.17. The lowest BCUT2D eigenvalue weighted by Crippen LogP contribution is -2.00. The van der Waals surface area contributed by atoms with Gasteiger partial charge in [0.15, 0.2) is 17.4 Å². The average molecular weight is 374 g/mol. The molecule has 2 heterocycles. The van der Waals surface area contributed by atoms with Crippen LogP contribution in [0, 0.1) is 5.82 Å². The average Bonchev–Trinajstić information content (AvgIpc) is 2.75. The largest absolute Gasteiger partial charge is 0.491 e. The summed E-state index contributed by atoms with van der Waals surface area (Å²) in [6, 6.07) is 14.5. The summed E-state index contributed by atoms with van der Waals surface area (Å²) in [4.78, 5) is 13.4. The number of pyridine rings is 1. The molecule has 0 saturated carbocycles. The predicted molar refractivity (Wildman–Crippen MR) is 109 cm³/mol. The molecule has 0 saturated heterocycles. The Balaban J connectivity index is 1.85. The predicted octanol–water partition coefficient (Wildman–Crippen LogP) is 4.94. The Labute approximate surface area is 162 Å². The highest BCUT2D eigenvalue weighted by atomic mass is 19.1. The Kier molecular flexibility index (Phi) is 4.85. The number of halogens is 1. The van der Waals surface area contributed by atoms with Crippen molar-refractivity contribution in [2.45, 2.75) is 6.92 Å². The molecule has 28 heavy (non-hydrogen) atoms. The summed E-state index contributed by atoms with van der Waals surface area (Å²) in [5.41, 5.74) is 2.82. The molecule has 2 aromatic heterocycles. The third-order valence-corrected chi connectivity index (χ3v) is 4.43. The number of rotatable bonds is 5. The van der Waals surface area contributed by atoms with E-state index in [2.05, 4.69) is 20.3 Å². The molecular formula is C22H19FN4O. The van der Waals surface area contributed by atoms with E-state index >= 15 is 0 Å². The summed E-state index contributed by atoms with van der Waals surface area (Å²) in [5, 5.41) is 3.93. The van der Waals surface area contributed by atoms with Crippen LogP contribution >= 0.6 is 0 Å². The fourth-order valence-electron chi connectivity index (χ4n) is 3.11. The minimum atomic E-state index is -0.373. The third-order valence-electron chi connectivity index (χ3n) is 4.43. The quantitative estimate of drug-likeness (QED) is 0.536. The van der Waals surface area contributed by atoms with Gasteiger partial charge in [0.1, 0.15) is 5.82 Å². The SMILES string of the molecule is CCOc1cccc(-c2ccc3nc(-c4cccnc4)nc(NC)c3c2)c1F. The van der Waals surface area contributed by atoms with Crippen LogP contribution in [-0.4, -0.2) is 28.6 Å². The van der Waals surface area contributed by atoms with Gasteiger partial charge in [0.2, 0.25) is 0 Å². The molecule has 5 nitrogen and oxygen atoms in total. The maximum absolute atomic E-state index is 14.8. The van der Waals surface area contributed by atoms with Crippen molar-refractivity contribution >= 4 is 16.7 Å². The molecule has 4 rings (SSSR count). The zero-order chi connectivity index (χ0) is 19.5. The van der Waals surface area contributed by atoms with Gasteiger partial charge in [0.05, 0.1) is 12.1 Å². The molecule has 0 unspecified atom stereocenters. The first-order valence-electron chi connectivity index (χ1n) is 9.03. The van der Waals surface area contributed by atoms with E-state index in [9.17, 15) is 4.39 Å². The molecule has 4 aromatic rings. The van der Waals surface area contributed by atoms with Gasteiger partial charge in [-0.05, 0) is 42.8 Å². The van der Waals surface area contributed by atoms with Crippen molar-refractivity contribution in [2.24, 2.45) is 0 Å². The van der Waals surface area contributed by atoms with Crippen molar-refractivity contribution in [3.8, 4) is 28.3 Å². The fraction of sp³-hybridized carbons (Fsp3) is 0.136. The lowest BCUT2D eigenvalue weighted by Gasteiger charge is -2.12. The molecule has 0 aliphatic heterocycles. The Bertz CT molecular complexity index is 1130. The Morgan fingerprint density at radius 1 is 1.04 bits per heavy atom. The van der Waals surface area contributed by atoms with E-state index in [1.807, 2.05) is 37.3 Å². The van der Waals surface area contributed by atoms with Gasteiger partial charge in [0.25, 0.3) is 0 Å². The molecule has 2 aromatic carbocycles. The molecule has 0 aliphatic carbocycles. The lowest BCUT2D eigenvalue weighted by atomic mass is 10.0. The van der Waals surface area contributed by atoms with Gasteiger partial charge in [-0.15, -0.1) is 0 Å². The Morgan fingerprint density at radius 3 is 2.68 bits per heavy atom. The Hall–Kier alpha value is -3.54. The number of hydrogen-bond donors (Lipinski definition) is 1. The fourth-order valence-corrected chi connectivity index (χ4v) is 3.11. The van der Waals surface area contributed by atoms with Crippen molar-refractivity contribution in [3.05, 3.63) is 66.7 Å². The van der Waals surface area contributed by atoms with E-state index in [0.29, 0.717) is 23.8 Å². The molecule has 0 spiro atoms. The zero-order valence-electron chi connectivity index (χ0n) is 15.6. The summed E-state index contributed by atoms with van der Waals surface area (Å²) in [6.07, 6.45) is 3.43. The smallest absolute Gasteiger partial charge is 0.172 e. The number of ether oxygens (including phenoxy) is 1. The Morgan fingerprint density at radius 2 is 1.93 bits per heavy atom. The molecule has 140 valence electrons. The summed E-state index contributed by atoms with van der Waals surface area (Å²) in [6.45, 7) is 2.24. The summed E-state index contributed by atoms with van der Waals surface area (Å²) < 4.78 is 20.2. The molecule has 1 N–H and O–H groups in total. The second-order valence-electron chi connectivity index (χ2n) is 6.17. The molecule has 0 atom stereocenters. The zero-order valence-corrected chi connectivity index (χ0v) is 15.6. The van der Waals surface area contributed by atoms with E-state index in [1.165, 1.54) is 0 Å². The van der Waals surface area contributed by atoms with Gasteiger partial charge in [0, 0.05) is 36.0 Å². The number of fused-ring (bicyclic) bond motifs is 1. The first-order chi connectivity index (χ1) is 13.7. The molecule has 0 fully saturated rings. The van der Waals surface area contributed by atoms with Gasteiger partial charge >= 0.3 is 0 Å².